The molecule has 1 aromatic heterocycles. The number of pyridine rings is 1. The maximum atomic E-state index is 12.4. The fraction of sp³-hybridized carbons (Fsp3) is 0.350. The fourth-order valence-electron chi connectivity index (χ4n) is 3.17. The zero-order chi connectivity index (χ0) is 18.4. The summed E-state index contributed by atoms with van der Waals surface area (Å²) in [6.45, 7) is 0. The van der Waals surface area contributed by atoms with Crippen molar-refractivity contribution in [2.75, 3.05) is 5.32 Å². The van der Waals surface area contributed by atoms with Crippen LogP contribution in [0.15, 0.2) is 48.8 Å². The van der Waals surface area contributed by atoms with E-state index in [0.29, 0.717) is 16.8 Å². The highest BCUT2D eigenvalue weighted by Crippen LogP contribution is 2.19. The fourth-order valence-corrected chi connectivity index (χ4v) is 3.17. The molecular formula is C20H24N4O2. The minimum atomic E-state index is -0.728. The molecule has 1 fully saturated rings. The highest BCUT2D eigenvalue weighted by atomic mass is 16.2. The van der Waals surface area contributed by atoms with Crippen molar-refractivity contribution in [1.29, 1.82) is 0 Å². The average Bonchev–Trinajstić information content (AvgIpc) is 2.69. The van der Waals surface area contributed by atoms with Gasteiger partial charge in [0, 0.05) is 29.7 Å². The Morgan fingerprint density at radius 2 is 1.65 bits per heavy atom. The SMILES string of the molecule is NC(C(=O)NC1CCCCC1)c1ccc(C(=O)Nc2ccncc2)cc1. The quantitative estimate of drug-likeness (QED) is 0.771. The van der Waals surface area contributed by atoms with E-state index >= 15 is 0 Å². The van der Waals surface area contributed by atoms with E-state index in [1.807, 2.05) is 0 Å². The Bertz CT molecular complexity index is 740. The lowest BCUT2D eigenvalue weighted by molar-refractivity contribution is -0.123. The Morgan fingerprint density at radius 3 is 2.31 bits per heavy atom. The molecule has 2 amide bonds. The first-order valence-electron chi connectivity index (χ1n) is 9.01. The first kappa shape index (κ1) is 18.1. The topological polar surface area (TPSA) is 97.1 Å². The van der Waals surface area contributed by atoms with Crippen molar-refractivity contribution in [2.45, 2.75) is 44.2 Å². The largest absolute Gasteiger partial charge is 0.352 e. The average molecular weight is 352 g/mol. The van der Waals surface area contributed by atoms with Crippen LogP contribution in [0.5, 0.6) is 0 Å². The van der Waals surface area contributed by atoms with Gasteiger partial charge in [0.15, 0.2) is 0 Å². The second-order valence-electron chi connectivity index (χ2n) is 6.63. The first-order valence-corrected chi connectivity index (χ1v) is 9.01. The summed E-state index contributed by atoms with van der Waals surface area (Å²) in [5, 5.41) is 5.83. The van der Waals surface area contributed by atoms with Gasteiger partial charge in [0.1, 0.15) is 6.04 Å². The van der Waals surface area contributed by atoms with E-state index in [-0.39, 0.29) is 17.9 Å². The Hall–Kier alpha value is -2.73. The van der Waals surface area contributed by atoms with E-state index in [2.05, 4.69) is 15.6 Å². The molecule has 3 rings (SSSR count). The molecular weight excluding hydrogens is 328 g/mol. The van der Waals surface area contributed by atoms with Gasteiger partial charge in [0.2, 0.25) is 5.91 Å². The van der Waals surface area contributed by atoms with Gasteiger partial charge in [-0.2, -0.15) is 0 Å². The molecule has 0 radical (unpaired) electrons. The molecule has 1 aliphatic rings. The molecule has 4 N–H and O–H groups in total. The number of nitrogens with zero attached hydrogens (tertiary/aromatic N) is 1. The smallest absolute Gasteiger partial charge is 0.255 e. The summed E-state index contributed by atoms with van der Waals surface area (Å²) in [4.78, 5) is 28.5. The van der Waals surface area contributed by atoms with Gasteiger partial charge < -0.3 is 16.4 Å². The molecule has 1 aromatic carbocycles. The number of amides is 2. The third kappa shape index (κ3) is 4.67. The Labute approximate surface area is 153 Å². The van der Waals surface area contributed by atoms with Crippen LogP contribution in [-0.4, -0.2) is 22.8 Å². The van der Waals surface area contributed by atoms with E-state index in [4.69, 9.17) is 5.73 Å². The molecule has 1 aliphatic carbocycles. The number of hydrogen-bond acceptors (Lipinski definition) is 4. The van der Waals surface area contributed by atoms with Crippen molar-refractivity contribution in [3.8, 4) is 0 Å². The van der Waals surface area contributed by atoms with Crippen LogP contribution in [-0.2, 0) is 4.79 Å². The van der Waals surface area contributed by atoms with Crippen LogP contribution in [0.4, 0.5) is 5.69 Å². The molecule has 0 aliphatic heterocycles. The summed E-state index contributed by atoms with van der Waals surface area (Å²) < 4.78 is 0. The lowest BCUT2D eigenvalue weighted by atomic mass is 9.95. The van der Waals surface area contributed by atoms with Crippen LogP contribution in [0.3, 0.4) is 0 Å². The minimum absolute atomic E-state index is 0.161. The van der Waals surface area contributed by atoms with Crippen molar-refractivity contribution >= 4 is 17.5 Å². The number of anilines is 1. The summed E-state index contributed by atoms with van der Waals surface area (Å²) in [5.74, 6) is -0.381. The molecule has 1 unspecified atom stereocenters. The number of hydrogen-bond donors (Lipinski definition) is 3. The van der Waals surface area contributed by atoms with Crippen molar-refractivity contribution < 1.29 is 9.59 Å². The van der Waals surface area contributed by atoms with Gasteiger partial charge in [-0.15, -0.1) is 0 Å². The van der Waals surface area contributed by atoms with Gasteiger partial charge in [0.05, 0.1) is 0 Å². The van der Waals surface area contributed by atoms with Crippen LogP contribution >= 0.6 is 0 Å². The lowest BCUT2D eigenvalue weighted by Gasteiger charge is -2.24. The third-order valence-corrected chi connectivity index (χ3v) is 4.70. The van der Waals surface area contributed by atoms with Crippen LogP contribution in [0.2, 0.25) is 0 Å². The summed E-state index contributed by atoms with van der Waals surface area (Å²) in [5.41, 5.74) is 7.96. The number of carbonyl (C=O) groups excluding carboxylic acids is 2. The standard InChI is InChI=1S/C20H24N4O2/c21-18(20(26)24-16-4-2-1-3-5-16)14-6-8-15(9-7-14)19(25)23-17-10-12-22-13-11-17/h6-13,16,18H,1-5,21H2,(H,24,26)(H,22,23,25). The van der Waals surface area contributed by atoms with E-state index < -0.39 is 6.04 Å². The second kappa shape index (κ2) is 8.58. The zero-order valence-corrected chi connectivity index (χ0v) is 14.7. The van der Waals surface area contributed by atoms with Gasteiger partial charge in [-0.25, -0.2) is 0 Å². The normalized spacial score (nSPS) is 15.9. The summed E-state index contributed by atoms with van der Waals surface area (Å²) in [6.07, 6.45) is 8.81. The number of nitrogens with one attached hydrogen (secondary N) is 2. The number of carbonyl (C=O) groups is 2. The maximum absolute atomic E-state index is 12.4. The van der Waals surface area contributed by atoms with Crippen molar-refractivity contribution in [3.63, 3.8) is 0 Å². The Balaban J connectivity index is 1.59. The number of benzene rings is 1. The second-order valence-corrected chi connectivity index (χ2v) is 6.63. The monoisotopic (exact) mass is 352 g/mol. The minimum Gasteiger partial charge on any atom is -0.352 e. The van der Waals surface area contributed by atoms with Gasteiger partial charge >= 0.3 is 0 Å². The molecule has 6 nitrogen and oxygen atoms in total. The Morgan fingerprint density at radius 1 is 1.00 bits per heavy atom. The molecule has 2 aromatic rings. The van der Waals surface area contributed by atoms with Gasteiger partial charge in [-0.3, -0.25) is 14.6 Å². The molecule has 0 spiro atoms. The number of aromatic nitrogens is 1. The number of rotatable bonds is 5. The van der Waals surface area contributed by atoms with Crippen LogP contribution < -0.4 is 16.4 Å². The molecule has 6 heteroatoms. The highest BCUT2D eigenvalue weighted by molar-refractivity contribution is 6.04. The van der Waals surface area contributed by atoms with Gasteiger partial charge in [-0.05, 0) is 42.7 Å². The van der Waals surface area contributed by atoms with Crippen LogP contribution in [0.1, 0.15) is 54.1 Å². The molecule has 1 saturated carbocycles. The van der Waals surface area contributed by atoms with Crippen molar-refractivity contribution in [3.05, 3.63) is 59.9 Å². The van der Waals surface area contributed by atoms with Gasteiger partial charge in [0.25, 0.3) is 5.91 Å². The molecule has 0 saturated heterocycles. The first-order chi connectivity index (χ1) is 12.6. The third-order valence-electron chi connectivity index (χ3n) is 4.70. The Kier molecular flexibility index (Phi) is 5.96. The molecule has 1 heterocycles. The highest BCUT2D eigenvalue weighted by Gasteiger charge is 2.21. The summed E-state index contributed by atoms with van der Waals surface area (Å²) in [6, 6.07) is 9.76. The van der Waals surface area contributed by atoms with E-state index in [1.54, 1.807) is 48.8 Å². The van der Waals surface area contributed by atoms with E-state index in [9.17, 15) is 9.59 Å². The molecule has 0 bridgehead atoms. The summed E-state index contributed by atoms with van der Waals surface area (Å²) >= 11 is 0. The van der Waals surface area contributed by atoms with E-state index in [1.165, 1.54) is 6.42 Å². The zero-order valence-electron chi connectivity index (χ0n) is 14.7. The number of nitrogens with two attached hydrogens (primary N) is 1. The lowest BCUT2D eigenvalue weighted by Crippen LogP contribution is -2.41. The maximum Gasteiger partial charge on any atom is 0.255 e. The van der Waals surface area contributed by atoms with Gasteiger partial charge in [-0.1, -0.05) is 31.4 Å². The summed E-state index contributed by atoms with van der Waals surface area (Å²) in [7, 11) is 0. The van der Waals surface area contributed by atoms with Crippen molar-refractivity contribution in [1.82, 2.24) is 10.3 Å². The van der Waals surface area contributed by atoms with E-state index in [0.717, 1.165) is 25.7 Å². The molecule has 136 valence electrons. The molecule has 1 atom stereocenters. The predicted molar refractivity (Wildman–Crippen MR) is 101 cm³/mol. The van der Waals surface area contributed by atoms with Crippen LogP contribution in [0.25, 0.3) is 0 Å². The van der Waals surface area contributed by atoms with Crippen molar-refractivity contribution in [2.24, 2.45) is 5.73 Å². The predicted octanol–water partition coefficient (Wildman–Crippen LogP) is 2.78. The molecule has 26 heavy (non-hydrogen) atoms. The van der Waals surface area contributed by atoms with Crippen LogP contribution in [0, 0.1) is 0 Å².